The molecule has 0 aromatic heterocycles. The first-order valence-corrected chi connectivity index (χ1v) is 6.22. The summed E-state index contributed by atoms with van der Waals surface area (Å²) in [5.41, 5.74) is 0.624. The number of phenols is 1. The quantitative estimate of drug-likeness (QED) is 0.379. The topological polar surface area (TPSA) is 69.6 Å². The number of amides is 2. The molecule has 1 aliphatic rings. The molecule has 0 spiro atoms. The number of phenolic OH excluding ortho intramolecular Hbond substituents is 1. The Hall–Kier alpha value is -2.47. The van der Waals surface area contributed by atoms with Crippen LogP contribution >= 0.6 is 12.2 Å². The molecule has 0 atom stereocenters. The van der Waals surface area contributed by atoms with Gasteiger partial charge >= 0.3 is 0 Å². The maximum absolute atomic E-state index is 12.2. The Kier molecular flexibility index (Phi) is 3.95. The lowest BCUT2D eigenvalue weighted by molar-refractivity contribution is -0.128. The van der Waals surface area contributed by atoms with E-state index in [-0.39, 0.29) is 23.0 Å². The highest BCUT2D eigenvalue weighted by atomic mass is 32.1. The van der Waals surface area contributed by atoms with Crippen LogP contribution in [0.1, 0.15) is 5.56 Å². The van der Waals surface area contributed by atoms with Crippen molar-refractivity contribution in [2.24, 2.45) is 0 Å². The molecule has 1 saturated heterocycles. The second-order valence-corrected chi connectivity index (χ2v) is 4.50. The summed E-state index contributed by atoms with van der Waals surface area (Å²) >= 11 is 4.95. The number of carbonyl (C=O) groups is 2. The van der Waals surface area contributed by atoms with E-state index >= 15 is 0 Å². The fraction of sp³-hybridized carbons (Fsp3) is 0.0714. The van der Waals surface area contributed by atoms with Crippen molar-refractivity contribution in [3.05, 3.63) is 48.1 Å². The molecular formula is C14H12N2O3S. The van der Waals surface area contributed by atoms with Crippen molar-refractivity contribution in [1.82, 2.24) is 10.2 Å². The van der Waals surface area contributed by atoms with Crippen molar-refractivity contribution in [2.75, 3.05) is 6.54 Å². The van der Waals surface area contributed by atoms with Gasteiger partial charge in [-0.1, -0.05) is 18.2 Å². The molecule has 0 aliphatic carbocycles. The molecule has 6 heteroatoms. The van der Waals surface area contributed by atoms with Crippen LogP contribution in [0.5, 0.6) is 5.75 Å². The summed E-state index contributed by atoms with van der Waals surface area (Å²) in [7, 11) is 0. The fourth-order valence-corrected chi connectivity index (χ4v) is 1.98. The van der Waals surface area contributed by atoms with E-state index in [1.165, 1.54) is 29.2 Å². The van der Waals surface area contributed by atoms with Crippen LogP contribution in [0, 0.1) is 0 Å². The highest BCUT2D eigenvalue weighted by molar-refractivity contribution is 7.80. The zero-order valence-corrected chi connectivity index (χ0v) is 11.3. The Morgan fingerprint density at radius 2 is 1.95 bits per heavy atom. The summed E-state index contributed by atoms with van der Waals surface area (Å²) in [6.07, 6.45) is 2.98. The minimum Gasteiger partial charge on any atom is -0.508 e. The van der Waals surface area contributed by atoms with Gasteiger partial charge in [0.05, 0.1) is 0 Å². The number of carbonyl (C=O) groups excluding carboxylic acids is 2. The fourth-order valence-electron chi connectivity index (χ4n) is 1.73. The van der Waals surface area contributed by atoms with Crippen LogP contribution in [0.25, 0.3) is 6.08 Å². The summed E-state index contributed by atoms with van der Waals surface area (Å²) < 4.78 is 0. The van der Waals surface area contributed by atoms with E-state index in [0.717, 1.165) is 0 Å². The SMILES string of the molecule is C=CCN1C(=O)/C(=C/c2ccc(O)cc2)C(=O)NC1=S. The number of rotatable bonds is 3. The Morgan fingerprint density at radius 3 is 2.55 bits per heavy atom. The normalized spacial score (nSPS) is 17.3. The van der Waals surface area contributed by atoms with Gasteiger partial charge in [-0.3, -0.25) is 19.8 Å². The molecule has 0 bridgehead atoms. The molecule has 2 N–H and O–H groups in total. The van der Waals surface area contributed by atoms with Crippen molar-refractivity contribution in [2.45, 2.75) is 0 Å². The number of thiocarbonyl (C=S) groups is 1. The van der Waals surface area contributed by atoms with Crippen molar-refractivity contribution >= 4 is 35.2 Å². The van der Waals surface area contributed by atoms with Crippen molar-refractivity contribution in [3.8, 4) is 5.75 Å². The van der Waals surface area contributed by atoms with Crippen LogP contribution < -0.4 is 5.32 Å². The molecule has 1 aliphatic heterocycles. The van der Waals surface area contributed by atoms with E-state index in [1.54, 1.807) is 12.1 Å². The summed E-state index contributed by atoms with van der Waals surface area (Å²) in [5.74, 6) is -0.888. The molecule has 20 heavy (non-hydrogen) atoms. The first-order chi connectivity index (χ1) is 9.52. The van der Waals surface area contributed by atoms with E-state index in [4.69, 9.17) is 12.2 Å². The lowest BCUT2D eigenvalue weighted by atomic mass is 10.1. The number of hydrogen-bond acceptors (Lipinski definition) is 4. The van der Waals surface area contributed by atoms with Crippen LogP contribution in [0.4, 0.5) is 0 Å². The Labute approximate surface area is 121 Å². The Bertz CT molecular complexity index is 620. The van der Waals surface area contributed by atoms with E-state index in [9.17, 15) is 14.7 Å². The third-order valence-corrected chi connectivity index (χ3v) is 3.02. The molecule has 1 fully saturated rings. The lowest BCUT2D eigenvalue weighted by Gasteiger charge is -2.27. The van der Waals surface area contributed by atoms with E-state index in [0.29, 0.717) is 5.56 Å². The molecule has 1 heterocycles. The Morgan fingerprint density at radius 1 is 1.30 bits per heavy atom. The average molecular weight is 288 g/mol. The van der Waals surface area contributed by atoms with E-state index < -0.39 is 11.8 Å². The molecule has 2 rings (SSSR count). The number of hydrogen-bond donors (Lipinski definition) is 2. The summed E-state index contributed by atoms with van der Waals surface area (Å²) in [6, 6.07) is 6.16. The predicted octanol–water partition coefficient (Wildman–Crippen LogP) is 1.20. The average Bonchev–Trinajstić information content (AvgIpc) is 2.41. The largest absolute Gasteiger partial charge is 0.508 e. The van der Waals surface area contributed by atoms with Gasteiger partial charge < -0.3 is 5.11 Å². The van der Waals surface area contributed by atoms with Crippen LogP contribution in [0.15, 0.2) is 42.5 Å². The van der Waals surface area contributed by atoms with Gasteiger partial charge in [-0.25, -0.2) is 0 Å². The van der Waals surface area contributed by atoms with E-state index in [2.05, 4.69) is 11.9 Å². The molecule has 1 aromatic carbocycles. The standard InChI is InChI=1S/C14H12N2O3S/c1-2-7-16-13(19)11(12(18)15-14(16)20)8-9-3-5-10(17)6-4-9/h2-6,8,17H,1,7H2,(H,15,18,20)/b11-8+. The summed E-state index contributed by atoms with van der Waals surface area (Å²) in [6.45, 7) is 3.78. The maximum Gasteiger partial charge on any atom is 0.265 e. The summed E-state index contributed by atoms with van der Waals surface area (Å²) in [4.78, 5) is 25.3. The van der Waals surface area contributed by atoms with Crippen LogP contribution in [-0.2, 0) is 9.59 Å². The highest BCUT2D eigenvalue weighted by Gasteiger charge is 2.32. The zero-order chi connectivity index (χ0) is 14.7. The Balaban J connectivity index is 2.36. The van der Waals surface area contributed by atoms with Gasteiger partial charge in [0.15, 0.2) is 5.11 Å². The number of benzene rings is 1. The lowest BCUT2D eigenvalue weighted by Crippen LogP contribution is -2.53. The van der Waals surface area contributed by atoms with Gasteiger partial charge in [-0.15, -0.1) is 6.58 Å². The minimum absolute atomic E-state index is 0.00820. The molecule has 0 unspecified atom stereocenters. The third kappa shape index (κ3) is 2.75. The smallest absolute Gasteiger partial charge is 0.265 e. The number of nitrogens with zero attached hydrogens (tertiary/aromatic N) is 1. The minimum atomic E-state index is -0.534. The van der Waals surface area contributed by atoms with Gasteiger partial charge in [0, 0.05) is 6.54 Å². The molecule has 102 valence electrons. The highest BCUT2D eigenvalue weighted by Crippen LogP contribution is 2.16. The molecule has 0 radical (unpaired) electrons. The number of aromatic hydroxyl groups is 1. The first kappa shape index (κ1) is 14.0. The monoisotopic (exact) mass is 288 g/mol. The molecular weight excluding hydrogens is 276 g/mol. The first-order valence-electron chi connectivity index (χ1n) is 5.81. The van der Waals surface area contributed by atoms with Gasteiger partial charge in [0.25, 0.3) is 11.8 Å². The molecule has 0 saturated carbocycles. The van der Waals surface area contributed by atoms with Crippen molar-refractivity contribution in [1.29, 1.82) is 0 Å². The maximum atomic E-state index is 12.2. The van der Waals surface area contributed by atoms with E-state index in [1.807, 2.05) is 0 Å². The van der Waals surface area contributed by atoms with Crippen LogP contribution in [-0.4, -0.2) is 33.5 Å². The zero-order valence-electron chi connectivity index (χ0n) is 10.5. The van der Waals surface area contributed by atoms with Crippen molar-refractivity contribution in [3.63, 3.8) is 0 Å². The second kappa shape index (κ2) is 5.66. The predicted molar refractivity (Wildman–Crippen MR) is 78.7 cm³/mol. The molecule has 5 nitrogen and oxygen atoms in total. The van der Waals surface area contributed by atoms with Crippen LogP contribution in [0.3, 0.4) is 0 Å². The van der Waals surface area contributed by atoms with Crippen LogP contribution in [0.2, 0.25) is 0 Å². The number of nitrogens with one attached hydrogen (secondary N) is 1. The molecule has 2 amide bonds. The second-order valence-electron chi connectivity index (χ2n) is 4.11. The summed E-state index contributed by atoms with van der Waals surface area (Å²) in [5, 5.41) is 11.7. The van der Waals surface area contributed by atoms with Gasteiger partial charge in [-0.05, 0) is 36.0 Å². The van der Waals surface area contributed by atoms with Gasteiger partial charge in [0.2, 0.25) is 0 Å². The van der Waals surface area contributed by atoms with Gasteiger partial charge in [-0.2, -0.15) is 0 Å². The van der Waals surface area contributed by atoms with Gasteiger partial charge in [0.1, 0.15) is 11.3 Å². The third-order valence-electron chi connectivity index (χ3n) is 2.70. The molecule has 1 aromatic rings. The van der Waals surface area contributed by atoms with Crippen molar-refractivity contribution < 1.29 is 14.7 Å².